The molecule has 2 unspecified atom stereocenters. The fourth-order valence-electron chi connectivity index (χ4n) is 4.89. The molecule has 4 nitrogen and oxygen atoms in total. The summed E-state index contributed by atoms with van der Waals surface area (Å²) in [6.45, 7) is 4.17. The first-order valence-electron chi connectivity index (χ1n) is 10.4. The number of carboxylic acids is 2. The van der Waals surface area contributed by atoms with Crippen molar-refractivity contribution in [1.82, 2.24) is 0 Å². The molecule has 0 bridgehead atoms. The van der Waals surface area contributed by atoms with Gasteiger partial charge in [-0.2, -0.15) is 0 Å². The Morgan fingerprint density at radius 1 is 0.680 bits per heavy atom. The van der Waals surface area contributed by atoms with Gasteiger partial charge in [0.1, 0.15) is 0 Å². The van der Waals surface area contributed by atoms with Crippen molar-refractivity contribution in [3.63, 3.8) is 0 Å². The maximum atomic E-state index is 12.2. The van der Waals surface area contributed by atoms with Crippen LogP contribution in [0, 0.1) is 10.8 Å². The summed E-state index contributed by atoms with van der Waals surface area (Å²) < 4.78 is 0. The molecule has 1 rings (SSSR count). The van der Waals surface area contributed by atoms with Gasteiger partial charge in [0.05, 0.1) is 10.8 Å². The summed E-state index contributed by atoms with van der Waals surface area (Å²) >= 11 is 0. The molecule has 0 aromatic carbocycles. The first kappa shape index (κ1) is 22.0. The standard InChI is InChI=1S/C21H38O4/c1-3-5-6-7-8-9-10-11-15-21(19(24)25)17-13-12-16-20(21,14-4-2)18(22)23/h3-17H2,1-2H3,(H,22,23)(H,24,25). The van der Waals surface area contributed by atoms with Crippen molar-refractivity contribution in [3.05, 3.63) is 0 Å². The molecule has 146 valence electrons. The molecule has 0 saturated heterocycles. The van der Waals surface area contributed by atoms with Gasteiger partial charge in [0.25, 0.3) is 0 Å². The van der Waals surface area contributed by atoms with Gasteiger partial charge in [0, 0.05) is 0 Å². The number of aliphatic carboxylic acids is 2. The van der Waals surface area contributed by atoms with Crippen molar-refractivity contribution in [2.24, 2.45) is 10.8 Å². The topological polar surface area (TPSA) is 74.6 Å². The average molecular weight is 355 g/mol. The third-order valence-electron chi connectivity index (χ3n) is 6.33. The molecule has 1 saturated carbocycles. The maximum absolute atomic E-state index is 12.2. The lowest BCUT2D eigenvalue weighted by Gasteiger charge is -2.48. The number of hydrogen-bond acceptors (Lipinski definition) is 2. The molecule has 0 spiro atoms. The van der Waals surface area contributed by atoms with Crippen LogP contribution in [0.3, 0.4) is 0 Å². The zero-order valence-corrected chi connectivity index (χ0v) is 16.3. The molecule has 0 radical (unpaired) electrons. The molecule has 1 aliphatic rings. The highest BCUT2D eigenvalue weighted by atomic mass is 16.4. The van der Waals surface area contributed by atoms with Gasteiger partial charge in [0.15, 0.2) is 0 Å². The second-order valence-corrected chi connectivity index (χ2v) is 7.96. The van der Waals surface area contributed by atoms with Gasteiger partial charge in [-0.3, -0.25) is 9.59 Å². The third kappa shape index (κ3) is 5.21. The van der Waals surface area contributed by atoms with Gasteiger partial charge in [0.2, 0.25) is 0 Å². The number of unbranched alkanes of at least 4 members (excludes halogenated alkanes) is 7. The van der Waals surface area contributed by atoms with Crippen LogP contribution < -0.4 is 0 Å². The van der Waals surface area contributed by atoms with Crippen LogP contribution in [-0.2, 0) is 9.59 Å². The predicted octanol–water partition coefficient (Wildman–Crippen LogP) is 6.03. The molecule has 4 heteroatoms. The third-order valence-corrected chi connectivity index (χ3v) is 6.33. The number of carboxylic acid groups (broad SMARTS) is 2. The molecular weight excluding hydrogens is 316 g/mol. The van der Waals surface area contributed by atoms with E-state index in [1.54, 1.807) is 0 Å². The monoisotopic (exact) mass is 354 g/mol. The van der Waals surface area contributed by atoms with E-state index in [1.807, 2.05) is 6.92 Å². The van der Waals surface area contributed by atoms with Gasteiger partial charge in [-0.05, 0) is 25.7 Å². The van der Waals surface area contributed by atoms with Gasteiger partial charge >= 0.3 is 11.9 Å². The maximum Gasteiger partial charge on any atom is 0.310 e. The summed E-state index contributed by atoms with van der Waals surface area (Å²) in [7, 11) is 0. The predicted molar refractivity (Wildman–Crippen MR) is 101 cm³/mol. The van der Waals surface area contributed by atoms with E-state index in [0.717, 1.165) is 38.5 Å². The van der Waals surface area contributed by atoms with Crippen molar-refractivity contribution in [1.29, 1.82) is 0 Å². The largest absolute Gasteiger partial charge is 0.481 e. The van der Waals surface area contributed by atoms with Crippen molar-refractivity contribution in [2.45, 2.75) is 110 Å². The quantitative estimate of drug-likeness (QED) is 0.396. The second kappa shape index (κ2) is 10.8. The minimum Gasteiger partial charge on any atom is -0.481 e. The van der Waals surface area contributed by atoms with Crippen LogP contribution in [0.5, 0.6) is 0 Å². The van der Waals surface area contributed by atoms with Crippen molar-refractivity contribution in [2.75, 3.05) is 0 Å². The molecule has 0 amide bonds. The Balaban J connectivity index is 2.70. The summed E-state index contributed by atoms with van der Waals surface area (Å²) in [5, 5.41) is 20.0. The highest BCUT2D eigenvalue weighted by molar-refractivity contribution is 5.87. The van der Waals surface area contributed by atoms with Gasteiger partial charge in [-0.1, -0.05) is 84.5 Å². The molecule has 0 heterocycles. The van der Waals surface area contributed by atoms with E-state index in [0.29, 0.717) is 25.7 Å². The average Bonchev–Trinajstić information content (AvgIpc) is 2.58. The minimum atomic E-state index is -1.08. The molecule has 0 aromatic rings. The Bertz CT molecular complexity index is 416. The normalized spacial score (nSPS) is 26.5. The molecule has 1 aliphatic carbocycles. The van der Waals surface area contributed by atoms with E-state index in [2.05, 4.69) is 6.92 Å². The van der Waals surface area contributed by atoms with Crippen LogP contribution in [0.1, 0.15) is 110 Å². The highest BCUT2D eigenvalue weighted by Gasteiger charge is 2.60. The van der Waals surface area contributed by atoms with Crippen molar-refractivity contribution >= 4 is 11.9 Å². The number of hydrogen-bond donors (Lipinski definition) is 2. The number of carbonyl (C=O) groups is 2. The van der Waals surface area contributed by atoms with E-state index in [-0.39, 0.29) is 0 Å². The minimum absolute atomic E-state index is 0.478. The molecule has 25 heavy (non-hydrogen) atoms. The van der Waals surface area contributed by atoms with E-state index >= 15 is 0 Å². The first-order valence-corrected chi connectivity index (χ1v) is 10.4. The van der Waals surface area contributed by atoms with Crippen molar-refractivity contribution < 1.29 is 19.8 Å². The molecule has 2 N–H and O–H groups in total. The Hall–Kier alpha value is -1.06. The first-order chi connectivity index (χ1) is 12.0. The Labute approximate surface area is 153 Å². The SMILES string of the molecule is CCCCCCCCCCC1(C(=O)O)CCCCC1(CCC)C(=O)O. The van der Waals surface area contributed by atoms with Crippen LogP contribution in [-0.4, -0.2) is 22.2 Å². The van der Waals surface area contributed by atoms with Gasteiger partial charge in [-0.15, -0.1) is 0 Å². The van der Waals surface area contributed by atoms with Crippen LogP contribution in [0.2, 0.25) is 0 Å². The zero-order valence-electron chi connectivity index (χ0n) is 16.3. The Morgan fingerprint density at radius 3 is 1.56 bits per heavy atom. The Morgan fingerprint density at radius 2 is 1.12 bits per heavy atom. The highest BCUT2D eigenvalue weighted by Crippen LogP contribution is 2.56. The van der Waals surface area contributed by atoms with Crippen molar-refractivity contribution in [3.8, 4) is 0 Å². The summed E-state index contributed by atoms with van der Waals surface area (Å²) in [5.41, 5.74) is -2.15. The Kier molecular flexibility index (Phi) is 9.52. The fraction of sp³-hybridized carbons (Fsp3) is 0.905. The van der Waals surface area contributed by atoms with Crippen LogP contribution in [0.15, 0.2) is 0 Å². The van der Waals surface area contributed by atoms with E-state index < -0.39 is 22.8 Å². The summed E-state index contributed by atoms with van der Waals surface area (Å²) in [6.07, 6.45) is 13.7. The van der Waals surface area contributed by atoms with E-state index in [4.69, 9.17) is 0 Å². The van der Waals surface area contributed by atoms with Gasteiger partial charge in [-0.25, -0.2) is 0 Å². The lowest BCUT2D eigenvalue weighted by atomic mass is 9.52. The summed E-state index contributed by atoms with van der Waals surface area (Å²) in [4.78, 5) is 24.4. The second-order valence-electron chi connectivity index (χ2n) is 7.96. The molecule has 1 fully saturated rings. The summed E-state index contributed by atoms with van der Waals surface area (Å²) in [6, 6.07) is 0. The van der Waals surface area contributed by atoms with Crippen LogP contribution >= 0.6 is 0 Å². The van der Waals surface area contributed by atoms with E-state index in [1.165, 1.54) is 32.1 Å². The lowest BCUT2D eigenvalue weighted by Crippen LogP contribution is -2.54. The number of rotatable bonds is 13. The molecule has 0 aliphatic heterocycles. The summed E-state index contributed by atoms with van der Waals surface area (Å²) in [5.74, 6) is -1.78. The lowest BCUT2D eigenvalue weighted by molar-refractivity contribution is -0.182. The fourth-order valence-corrected chi connectivity index (χ4v) is 4.89. The molecular formula is C21H38O4. The van der Waals surface area contributed by atoms with E-state index in [9.17, 15) is 19.8 Å². The smallest absolute Gasteiger partial charge is 0.310 e. The van der Waals surface area contributed by atoms with Crippen LogP contribution in [0.25, 0.3) is 0 Å². The van der Waals surface area contributed by atoms with Crippen LogP contribution in [0.4, 0.5) is 0 Å². The molecule has 2 atom stereocenters. The zero-order chi connectivity index (χ0) is 18.8. The molecule has 0 aromatic heterocycles. The van der Waals surface area contributed by atoms with Gasteiger partial charge < -0.3 is 10.2 Å².